The fourth-order valence-corrected chi connectivity index (χ4v) is 1.95. The number of nitrogens with zero attached hydrogens (tertiary/aromatic N) is 2. The minimum Gasteiger partial charge on any atom is -0.351 e. The van der Waals surface area contributed by atoms with Crippen molar-refractivity contribution in [3.8, 4) is 0 Å². The van der Waals surface area contributed by atoms with Crippen LogP contribution < -0.4 is 11.1 Å². The zero-order valence-corrected chi connectivity index (χ0v) is 12.4. The second-order valence-electron chi connectivity index (χ2n) is 5.92. The van der Waals surface area contributed by atoms with Crippen LogP contribution in [0.4, 0.5) is 0 Å². The maximum Gasteiger partial charge on any atom is 0.225 e. The smallest absolute Gasteiger partial charge is 0.225 e. The number of nitrogens with one attached hydrogen (secondary N) is 1. The number of hydrogen-bond acceptors (Lipinski definition) is 3. The van der Waals surface area contributed by atoms with E-state index >= 15 is 0 Å². The van der Waals surface area contributed by atoms with Gasteiger partial charge in [0.1, 0.15) is 0 Å². The minimum absolute atomic E-state index is 0.0132. The van der Waals surface area contributed by atoms with E-state index in [1.54, 1.807) is 6.20 Å². The predicted molar refractivity (Wildman–Crippen MR) is 76.7 cm³/mol. The highest BCUT2D eigenvalue weighted by Crippen LogP contribution is 2.11. The first-order valence-electron chi connectivity index (χ1n) is 6.90. The Morgan fingerprint density at radius 1 is 1.53 bits per heavy atom. The van der Waals surface area contributed by atoms with Crippen molar-refractivity contribution in [3.05, 3.63) is 18.0 Å². The van der Waals surface area contributed by atoms with E-state index in [0.29, 0.717) is 13.0 Å². The molecule has 0 bridgehead atoms. The van der Waals surface area contributed by atoms with Gasteiger partial charge in [-0.3, -0.25) is 9.48 Å². The van der Waals surface area contributed by atoms with Gasteiger partial charge in [-0.25, -0.2) is 0 Å². The Morgan fingerprint density at radius 3 is 2.74 bits per heavy atom. The molecule has 1 unspecified atom stereocenters. The molecule has 0 aromatic carbocycles. The Bertz CT molecular complexity index is 406. The summed E-state index contributed by atoms with van der Waals surface area (Å²) in [5.74, 6) is -0.189. The largest absolute Gasteiger partial charge is 0.351 e. The molecule has 0 saturated carbocycles. The van der Waals surface area contributed by atoms with Gasteiger partial charge in [-0.2, -0.15) is 5.10 Å². The summed E-state index contributed by atoms with van der Waals surface area (Å²) in [6, 6.07) is 1.96. The van der Waals surface area contributed by atoms with Gasteiger partial charge in [-0.05, 0) is 33.3 Å². The Labute approximate surface area is 115 Å². The van der Waals surface area contributed by atoms with Crippen LogP contribution in [-0.2, 0) is 17.8 Å². The van der Waals surface area contributed by atoms with Crippen LogP contribution in [0.15, 0.2) is 12.3 Å². The van der Waals surface area contributed by atoms with Crippen molar-refractivity contribution < 1.29 is 4.79 Å². The fraction of sp³-hybridized carbons (Fsp3) is 0.714. The third kappa shape index (κ3) is 5.03. The van der Waals surface area contributed by atoms with Crippen LogP contribution in [0.1, 0.15) is 39.8 Å². The van der Waals surface area contributed by atoms with Gasteiger partial charge < -0.3 is 11.1 Å². The zero-order valence-electron chi connectivity index (χ0n) is 12.4. The lowest BCUT2D eigenvalue weighted by Gasteiger charge is -2.24. The van der Waals surface area contributed by atoms with Crippen LogP contribution >= 0.6 is 0 Å². The summed E-state index contributed by atoms with van der Waals surface area (Å²) in [5.41, 5.74) is 6.59. The molecule has 0 fully saturated rings. The van der Waals surface area contributed by atoms with Crippen LogP contribution in [0, 0.1) is 5.92 Å². The Kier molecular flexibility index (Phi) is 5.54. The molecule has 0 saturated heterocycles. The van der Waals surface area contributed by atoms with Crippen molar-refractivity contribution in [2.45, 2.75) is 52.6 Å². The maximum absolute atomic E-state index is 12.2. The van der Waals surface area contributed by atoms with E-state index in [1.165, 1.54) is 0 Å². The minimum atomic E-state index is -0.228. The Balaban J connectivity index is 2.71. The van der Waals surface area contributed by atoms with Crippen molar-refractivity contribution in [2.24, 2.45) is 11.7 Å². The molecular weight excluding hydrogens is 240 g/mol. The zero-order chi connectivity index (χ0) is 14.5. The highest BCUT2D eigenvalue weighted by atomic mass is 16.2. The molecule has 0 aliphatic heterocycles. The van der Waals surface area contributed by atoms with Crippen LogP contribution in [0.3, 0.4) is 0 Å². The summed E-state index contributed by atoms with van der Waals surface area (Å²) >= 11 is 0. The van der Waals surface area contributed by atoms with E-state index in [9.17, 15) is 4.79 Å². The van der Waals surface area contributed by atoms with E-state index in [2.05, 4.69) is 17.3 Å². The lowest BCUT2D eigenvalue weighted by atomic mass is 10.00. The molecule has 1 aromatic rings. The van der Waals surface area contributed by atoms with Crippen LogP contribution in [0.25, 0.3) is 0 Å². The van der Waals surface area contributed by atoms with Gasteiger partial charge in [-0.15, -0.1) is 0 Å². The number of aromatic nitrogens is 2. The molecule has 0 spiro atoms. The standard InChI is InChI=1S/C14H26N4O/c1-5-8-18-12(6-7-16-18)9-11(10-15)13(19)17-14(2,3)4/h6-7,11H,5,8-10,15H2,1-4H3,(H,17,19). The predicted octanol–water partition coefficient (Wildman–Crippen LogP) is 1.33. The molecule has 5 nitrogen and oxygen atoms in total. The molecule has 1 rings (SSSR count). The lowest BCUT2D eigenvalue weighted by Crippen LogP contribution is -2.46. The van der Waals surface area contributed by atoms with Gasteiger partial charge in [0.05, 0.1) is 5.92 Å². The first-order valence-corrected chi connectivity index (χ1v) is 6.90. The molecule has 108 valence electrons. The Morgan fingerprint density at radius 2 is 2.21 bits per heavy atom. The highest BCUT2D eigenvalue weighted by Gasteiger charge is 2.23. The van der Waals surface area contributed by atoms with Gasteiger partial charge in [0, 0.05) is 36.9 Å². The molecule has 5 heteroatoms. The second kappa shape index (κ2) is 6.70. The van der Waals surface area contributed by atoms with Gasteiger partial charge in [-0.1, -0.05) is 6.92 Å². The van der Waals surface area contributed by atoms with Crippen molar-refractivity contribution in [1.82, 2.24) is 15.1 Å². The molecule has 1 aromatic heterocycles. The molecular formula is C14H26N4O. The third-order valence-electron chi connectivity index (χ3n) is 2.85. The molecule has 19 heavy (non-hydrogen) atoms. The van der Waals surface area contributed by atoms with Gasteiger partial charge >= 0.3 is 0 Å². The Hall–Kier alpha value is -1.36. The normalized spacial score (nSPS) is 13.3. The van der Waals surface area contributed by atoms with Gasteiger partial charge in [0.2, 0.25) is 5.91 Å². The monoisotopic (exact) mass is 266 g/mol. The number of amides is 1. The molecule has 0 aliphatic rings. The molecule has 3 N–H and O–H groups in total. The van der Waals surface area contributed by atoms with Crippen molar-refractivity contribution >= 4 is 5.91 Å². The lowest BCUT2D eigenvalue weighted by molar-refractivity contribution is -0.126. The van der Waals surface area contributed by atoms with Crippen molar-refractivity contribution in [3.63, 3.8) is 0 Å². The molecule has 1 amide bonds. The first kappa shape index (κ1) is 15.7. The average molecular weight is 266 g/mol. The molecule has 0 aliphatic carbocycles. The quantitative estimate of drug-likeness (QED) is 0.815. The number of carbonyl (C=O) groups excluding carboxylic acids is 1. The first-order chi connectivity index (χ1) is 8.87. The topological polar surface area (TPSA) is 72.9 Å². The van der Waals surface area contributed by atoms with E-state index in [-0.39, 0.29) is 17.4 Å². The third-order valence-corrected chi connectivity index (χ3v) is 2.85. The SMILES string of the molecule is CCCn1nccc1CC(CN)C(=O)NC(C)(C)C. The van der Waals surface area contributed by atoms with Gasteiger partial charge in [0.25, 0.3) is 0 Å². The summed E-state index contributed by atoms with van der Waals surface area (Å²) in [4.78, 5) is 12.2. The summed E-state index contributed by atoms with van der Waals surface area (Å²) < 4.78 is 1.95. The number of hydrogen-bond donors (Lipinski definition) is 2. The van der Waals surface area contributed by atoms with Crippen LogP contribution in [0.5, 0.6) is 0 Å². The van der Waals surface area contributed by atoms with Gasteiger partial charge in [0.15, 0.2) is 0 Å². The highest BCUT2D eigenvalue weighted by molar-refractivity contribution is 5.79. The maximum atomic E-state index is 12.2. The number of carbonyl (C=O) groups is 1. The second-order valence-corrected chi connectivity index (χ2v) is 5.92. The summed E-state index contributed by atoms with van der Waals surface area (Å²) in [6.07, 6.45) is 3.44. The molecule has 0 radical (unpaired) electrons. The van der Waals surface area contributed by atoms with Crippen molar-refractivity contribution in [2.75, 3.05) is 6.54 Å². The summed E-state index contributed by atoms with van der Waals surface area (Å²) in [7, 11) is 0. The fourth-order valence-electron chi connectivity index (χ4n) is 1.95. The van der Waals surface area contributed by atoms with Crippen molar-refractivity contribution in [1.29, 1.82) is 0 Å². The summed E-state index contributed by atoms with van der Waals surface area (Å²) in [6.45, 7) is 9.25. The van der Waals surface area contributed by atoms with E-state index in [4.69, 9.17) is 5.73 Å². The summed E-state index contributed by atoms with van der Waals surface area (Å²) in [5, 5.41) is 7.26. The number of aryl methyl sites for hydroxylation is 1. The van der Waals surface area contributed by atoms with Crippen LogP contribution in [-0.4, -0.2) is 27.8 Å². The van der Waals surface area contributed by atoms with E-state index < -0.39 is 0 Å². The van der Waals surface area contributed by atoms with E-state index in [1.807, 2.05) is 31.5 Å². The van der Waals surface area contributed by atoms with Crippen LogP contribution in [0.2, 0.25) is 0 Å². The van der Waals surface area contributed by atoms with E-state index in [0.717, 1.165) is 18.7 Å². The number of nitrogens with two attached hydrogens (primary N) is 1. The molecule has 1 heterocycles. The average Bonchev–Trinajstić information content (AvgIpc) is 2.71. The number of rotatable bonds is 6. The molecule has 1 atom stereocenters.